The Bertz CT molecular complexity index is 708. The number of carbonyl (C=O) groups is 2. The lowest BCUT2D eigenvalue weighted by Crippen LogP contribution is -2.36. The molecule has 0 atom stereocenters. The fourth-order valence-corrected chi connectivity index (χ4v) is 2.45. The van der Waals surface area contributed by atoms with E-state index in [-0.39, 0.29) is 24.7 Å². The number of para-hydroxylation sites is 2. The van der Waals surface area contributed by atoms with Crippen LogP contribution in [0.2, 0.25) is 0 Å². The van der Waals surface area contributed by atoms with Gasteiger partial charge in [0.15, 0.2) is 0 Å². The molecule has 0 aliphatic carbocycles. The molecule has 0 saturated carbocycles. The van der Waals surface area contributed by atoms with E-state index in [1.165, 1.54) is 4.90 Å². The average Bonchev–Trinajstić information content (AvgIpc) is 2.61. The number of aryl methyl sites for hydroxylation is 1. The number of imide groups is 1. The fraction of sp³-hybridized carbons (Fsp3) is 0.300. The van der Waals surface area contributed by atoms with Gasteiger partial charge in [0.2, 0.25) is 11.8 Å². The van der Waals surface area contributed by atoms with E-state index in [2.05, 4.69) is 0 Å². The molecule has 0 bridgehead atoms. The van der Waals surface area contributed by atoms with Crippen LogP contribution in [0.25, 0.3) is 0 Å². The van der Waals surface area contributed by atoms with Crippen molar-refractivity contribution in [3.05, 3.63) is 59.7 Å². The summed E-state index contributed by atoms with van der Waals surface area (Å²) in [5, 5.41) is 0. The molecule has 0 aliphatic heterocycles. The zero-order valence-corrected chi connectivity index (χ0v) is 14.4. The molecule has 0 spiro atoms. The van der Waals surface area contributed by atoms with Crippen LogP contribution >= 0.6 is 0 Å². The van der Waals surface area contributed by atoms with Gasteiger partial charge in [-0.3, -0.25) is 14.5 Å². The second-order valence-electron chi connectivity index (χ2n) is 5.51. The number of amides is 2. The maximum absolute atomic E-state index is 12.3. The summed E-state index contributed by atoms with van der Waals surface area (Å²) < 4.78 is 5.89. The first-order valence-electron chi connectivity index (χ1n) is 8.20. The van der Waals surface area contributed by atoms with Crippen molar-refractivity contribution in [3.8, 4) is 5.75 Å². The Kier molecular flexibility index (Phi) is 6.13. The number of hydrogen-bond acceptors (Lipinski definition) is 3. The number of ether oxygens (including phenoxy) is 1. The molecule has 0 aliphatic rings. The van der Waals surface area contributed by atoms with E-state index in [9.17, 15) is 9.59 Å². The first-order chi connectivity index (χ1) is 11.6. The van der Waals surface area contributed by atoms with E-state index < -0.39 is 0 Å². The highest BCUT2D eigenvalue weighted by molar-refractivity contribution is 6.15. The highest BCUT2D eigenvalue weighted by Gasteiger charge is 2.23. The summed E-state index contributed by atoms with van der Waals surface area (Å²) in [6, 6.07) is 15.1. The van der Waals surface area contributed by atoms with Gasteiger partial charge in [-0.1, -0.05) is 50.2 Å². The molecule has 2 aromatic carbocycles. The van der Waals surface area contributed by atoms with E-state index in [1.807, 2.05) is 49.4 Å². The van der Waals surface area contributed by atoms with Gasteiger partial charge in [-0.2, -0.15) is 0 Å². The van der Waals surface area contributed by atoms with Crippen molar-refractivity contribution in [2.45, 2.75) is 40.2 Å². The van der Waals surface area contributed by atoms with E-state index >= 15 is 0 Å². The zero-order chi connectivity index (χ0) is 17.5. The number of benzene rings is 2. The van der Waals surface area contributed by atoms with Crippen LogP contribution in [-0.2, 0) is 16.2 Å². The molecule has 0 N–H and O–H groups in total. The molecule has 126 valence electrons. The maximum atomic E-state index is 12.3. The van der Waals surface area contributed by atoms with Crippen LogP contribution in [0.4, 0.5) is 5.69 Å². The van der Waals surface area contributed by atoms with E-state index in [0.717, 1.165) is 16.9 Å². The zero-order valence-electron chi connectivity index (χ0n) is 14.4. The minimum absolute atomic E-state index is 0.204. The Morgan fingerprint density at radius 3 is 2.12 bits per heavy atom. The van der Waals surface area contributed by atoms with Crippen LogP contribution in [0.5, 0.6) is 5.75 Å². The van der Waals surface area contributed by atoms with Gasteiger partial charge in [0.1, 0.15) is 12.4 Å². The van der Waals surface area contributed by atoms with Crippen molar-refractivity contribution in [3.63, 3.8) is 0 Å². The molecule has 24 heavy (non-hydrogen) atoms. The second kappa shape index (κ2) is 8.29. The highest BCUT2D eigenvalue weighted by atomic mass is 16.5. The largest absolute Gasteiger partial charge is 0.489 e. The molecule has 2 rings (SSSR count). The SMILES string of the molecule is CCC(=O)N(C(=O)CC)c1ccccc1COc1ccccc1C. The van der Waals surface area contributed by atoms with Gasteiger partial charge >= 0.3 is 0 Å². The van der Waals surface area contributed by atoms with Crippen molar-refractivity contribution in [1.82, 2.24) is 0 Å². The number of hydrogen-bond donors (Lipinski definition) is 0. The first kappa shape index (κ1) is 17.7. The molecule has 4 nitrogen and oxygen atoms in total. The fourth-order valence-electron chi connectivity index (χ4n) is 2.45. The molecule has 2 amide bonds. The average molecular weight is 325 g/mol. The van der Waals surface area contributed by atoms with Gasteiger partial charge in [0, 0.05) is 18.4 Å². The summed E-state index contributed by atoms with van der Waals surface area (Å²) in [7, 11) is 0. The quantitative estimate of drug-likeness (QED) is 0.797. The van der Waals surface area contributed by atoms with Crippen LogP contribution in [0.3, 0.4) is 0 Å². The van der Waals surface area contributed by atoms with E-state index in [4.69, 9.17) is 4.74 Å². The summed E-state index contributed by atoms with van der Waals surface area (Å²) in [5.74, 6) is 0.387. The number of nitrogens with zero attached hydrogens (tertiary/aromatic N) is 1. The normalized spacial score (nSPS) is 10.3. The standard InChI is InChI=1S/C20H23NO3/c1-4-19(22)21(20(23)5-2)17-12-8-7-11-16(17)14-24-18-13-9-6-10-15(18)3/h6-13H,4-5,14H2,1-3H3. The highest BCUT2D eigenvalue weighted by Crippen LogP contribution is 2.25. The summed E-state index contributed by atoms with van der Waals surface area (Å²) >= 11 is 0. The summed E-state index contributed by atoms with van der Waals surface area (Å²) in [5.41, 5.74) is 2.45. The van der Waals surface area contributed by atoms with Gasteiger partial charge in [-0.05, 0) is 24.6 Å². The predicted octanol–water partition coefficient (Wildman–Crippen LogP) is 4.25. The van der Waals surface area contributed by atoms with Gasteiger partial charge in [-0.25, -0.2) is 0 Å². The van der Waals surface area contributed by atoms with Crippen molar-refractivity contribution in [2.75, 3.05) is 4.90 Å². The lowest BCUT2D eigenvalue weighted by atomic mass is 10.1. The molecule has 0 aromatic heterocycles. The number of rotatable bonds is 6. The minimum atomic E-state index is -0.204. The van der Waals surface area contributed by atoms with Gasteiger partial charge in [-0.15, -0.1) is 0 Å². The van der Waals surface area contributed by atoms with Crippen molar-refractivity contribution < 1.29 is 14.3 Å². The molecule has 0 radical (unpaired) electrons. The van der Waals surface area contributed by atoms with Gasteiger partial charge in [0.25, 0.3) is 0 Å². The van der Waals surface area contributed by atoms with Gasteiger partial charge < -0.3 is 4.74 Å². The van der Waals surface area contributed by atoms with Crippen molar-refractivity contribution >= 4 is 17.5 Å². The predicted molar refractivity (Wildman–Crippen MR) is 95.0 cm³/mol. The number of anilines is 1. The third-order valence-electron chi connectivity index (χ3n) is 3.81. The van der Waals surface area contributed by atoms with Crippen LogP contribution in [-0.4, -0.2) is 11.8 Å². The van der Waals surface area contributed by atoms with Crippen molar-refractivity contribution in [2.24, 2.45) is 0 Å². The Labute approximate surface area is 143 Å². The molecule has 0 fully saturated rings. The molecule has 4 heteroatoms. The molecular formula is C20H23NO3. The Hall–Kier alpha value is -2.62. The first-order valence-corrected chi connectivity index (χ1v) is 8.20. The van der Waals surface area contributed by atoms with E-state index in [1.54, 1.807) is 19.9 Å². The lowest BCUT2D eigenvalue weighted by molar-refractivity contribution is -0.126. The van der Waals surface area contributed by atoms with Crippen LogP contribution in [0, 0.1) is 6.92 Å². The molecular weight excluding hydrogens is 302 g/mol. The van der Waals surface area contributed by atoms with Crippen LogP contribution < -0.4 is 9.64 Å². The van der Waals surface area contributed by atoms with Crippen LogP contribution in [0.1, 0.15) is 37.8 Å². The monoisotopic (exact) mass is 325 g/mol. The van der Waals surface area contributed by atoms with E-state index in [0.29, 0.717) is 12.3 Å². The second-order valence-corrected chi connectivity index (χ2v) is 5.51. The summed E-state index contributed by atoms with van der Waals surface area (Å²) in [6.07, 6.45) is 0.553. The Morgan fingerprint density at radius 2 is 1.50 bits per heavy atom. The molecule has 0 heterocycles. The third-order valence-corrected chi connectivity index (χ3v) is 3.81. The smallest absolute Gasteiger partial charge is 0.233 e. The summed E-state index contributed by atoms with van der Waals surface area (Å²) in [4.78, 5) is 25.8. The van der Waals surface area contributed by atoms with Gasteiger partial charge in [0.05, 0.1) is 5.69 Å². The Morgan fingerprint density at radius 1 is 0.917 bits per heavy atom. The molecule has 2 aromatic rings. The van der Waals surface area contributed by atoms with Crippen molar-refractivity contribution in [1.29, 1.82) is 0 Å². The van der Waals surface area contributed by atoms with Crippen LogP contribution in [0.15, 0.2) is 48.5 Å². The number of carbonyl (C=O) groups excluding carboxylic acids is 2. The maximum Gasteiger partial charge on any atom is 0.233 e. The summed E-state index contributed by atoms with van der Waals surface area (Å²) in [6.45, 7) is 5.79. The third kappa shape index (κ3) is 4.02. The lowest BCUT2D eigenvalue weighted by Gasteiger charge is -2.23. The molecule has 0 saturated heterocycles. The Balaban J connectivity index is 2.30. The molecule has 0 unspecified atom stereocenters. The minimum Gasteiger partial charge on any atom is -0.489 e. The topological polar surface area (TPSA) is 46.6 Å².